The number of nitrogens with two attached hydrogens (primary N) is 1. The summed E-state index contributed by atoms with van der Waals surface area (Å²) in [6.45, 7) is 1.59. The van der Waals surface area contributed by atoms with Gasteiger partial charge in [0.2, 0.25) is 0 Å². The number of hydrogen-bond donors (Lipinski definition) is 2. The van der Waals surface area contributed by atoms with Crippen molar-refractivity contribution >= 4 is 5.69 Å². The minimum Gasteiger partial charge on any atom is -0.506 e. The van der Waals surface area contributed by atoms with Crippen molar-refractivity contribution in [3.63, 3.8) is 0 Å². The smallest absolute Gasteiger partial charge is 0.258 e. The zero-order chi connectivity index (χ0) is 14.4. The van der Waals surface area contributed by atoms with Crippen LogP contribution in [0.1, 0.15) is 5.82 Å². The first kappa shape index (κ1) is 14.3. The van der Waals surface area contributed by atoms with Crippen molar-refractivity contribution in [2.75, 3.05) is 32.7 Å². The molecule has 0 bridgehead atoms. The van der Waals surface area contributed by atoms with E-state index in [1.165, 1.54) is 6.07 Å². The third-order valence-corrected chi connectivity index (χ3v) is 2.65. The molecule has 2 rings (SSSR count). The highest BCUT2D eigenvalue weighted by Gasteiger charge is 2.10. The van der Waals surface area contributed by atoms with Crippen LogP contribution in [-0.2, 0) is 15.9 Å². The van der Waals surface area contributed by atoms with Crippen molar-refractivity contribution < 1.29 is 19.1 Å². The molecule has 0 saturated carbocycles. The molecule has 0 unspecified atom stereocenters. The van der Waals surface area contributed by atoms with Crippen LogP contribution in [0.5, 0.6) is 5.75 Å². The summed E-state index contributed by atoms with van der Waals surface area (Å²) in [6.07, 6.45) is 0.550. The van der Waals surface area contributed by atoms with Gasteiger partial charge in [-0.15, -0.1) is 0 Å². The number of hydrogen-bond acceptors (Lipinski definition) is 7. The first-order valence-electron chi connectivity index (χ1n) is 6.19. The topological polar surface area (TPSA) is 104 Å². The predicted molar refractivity (Wildman–Crippen MR) is 72.2 cm³/mol. The number of rotatable bonds is 7. The van der Waals surface area contributed by atoms with E-state index in [0.29, 0.717) is 49.2 Å². The molecule has 0 aliphatic rings. The van der Waals surface area contributed by atoms with Crippen LogP contribution in [0.2, 0.25) is 0 Å². The number of aromatic nitrogens is 2. The van der Waals surface area contributed by atoms with Crippen LogP contribution in [0.4, 0.5) is 5.69 Å². The molecule has 7 nitrogen and oxygen atoms in total. The second kappa shape index (κ2) is 6.88. The Morgan fingerprint density at radius 1 is 1.30 bits per heavy atom. The van der Waals surface area contributed by atoms with Crippen LogP contribution >= 0.6 is 0 Å². The van der Waals surface area contributed by atoms with Gasteiger partial charge in [0.1, 0.15) is 5.75 Å². The van der Waals surface area contributed by atoms with E-state index in [9.17, 15) is 5.11 Å². The normalized spacial score (nSPS) is 10.8. The molecule has 0 amide bonds. The highest BCUT2D eigenvalue weighted by Crippen LogP contribution is 2.26. The Balaban J connectivity index is 1.93. The van der Waals surface area contributed by atoms with Crippen LogP contribution in [0.15, 0.2) is 22.7 Å². The maximum Gasteiger partial charge on any atom is 0.258 e. The second-order valence-corrected chi connectivity index (χ2v) is 4.14. The number of phenolic OH excluding ortho intramolecular Hbond substituents is 1. The Kier molecular flexibility index (Phi) is 4.91. The van der Waals surface area contributed by atoms with E-state index in [4.69, 9.17) is 19.7 Å². The van der Waals surface area contributed by atoms with Gasteiger partial charge in [-0.1, -0.05) is 5.16 Å². The first-order valence-corrected chi connectivity index (χ1v) is 6.19. The molecule has 3 N–H and O–H groups in total. The third-order valence-electron chi connectivity index (χ3n) is 2.65. The van der Waals surface area contributed by atoms with Gasteiger partial charge in [-0.25, -0.2) is 0 Å². The fraction of sp³-hybridized carbons (Fsp3) is 0.385. The summed E-state index contributed by atoms with van der Waals surface area (Å²) < 4.78 is 15.3. The zero-order valence-corrected chi connectivity index (χ0v) is 11.2. The summed E-state index contributed by atoms with van der Waals surface area (Å²) in [4.78, 5) is 4.23. The van der Waals surface area contributed by atoms with Crippen LogP contribution in [-0.4, -0.2) is 42.2 Å². The molecule has 0 aliphatic heterocycles. The van der Waals surface area contributed by atoms with Crippen molar-refractivity contribution in [1.29, 1.82) is 0 Å². The lowest BCUT2D eigenvalue weighted by Gasteiger charge is -2.00. The number of anilines is 1. The number of ether oxygens (including phenoxy) is 2. The molecule has 1 heterocycles. The summed E-state index contributed by atoms with van der Waals surface area (Å²) in [5, 5.41) is 13.4. The van der Waals surface area contributed by atoms with Crippen molar-refractivity contribution in [3.05, 3.63) is 24.0 Å². The van der Waals surface area contributed by atoms with Gasteiger partial charge in [0, 0.05) is 19.1 Å². The second-order valence-electron chi connectivity index (χ2n) is 4.14. The Bertz CT molecular complexity index is 556. The maximum absolute atomic E-state index is 9.55. The van der Waals surface area contributed by atoms with Crippen molar-refractivity contribution in [3.8, 4) is 17.2 Å². The molecular weight excluding hydrogens is 262 g/mol. The average Bonchev–Trinajstić information content (AvgIpc) is 2.90. The molecule has 108 valence electrons. The standard InChI is InChI=1S/C13H17N3O4/c1-18-6-7-19-5-4-12-15-13(20-16-12)9-2-3-10(14)11(17)8-9/h2-3,8,17H,4-7,14H2,1H3. The van der Waals surface area contributed by atoms with E-state index in [1.807, 2.05) is 0 Å². The minimum atomic E-state index is -0.00912. The number of phenols is 1. The van der Waals surface area contributed by atoms with E-state index in [1.54, 1.807) is 19.2 Å². The van der Waals surface area contributed by atoms with Crippen LogP contribution in [0, 0.1) is 0 Å². The Morgan fingerprint density at radius 2 is 2.15 bits per heavy atom. The molecule has 0 fully saturated rings. The van der Waals surface area contributed by atoms with Crippen molar-refractivity contribution in [2.24, 2.45) is 0 Å². The van der Waals surface area contributed by atoms with Gasteiger partial charge in [0.05, 0.1) is 25.5 Å². The van der Waals surface area contributed by atoms with Gasteiger partial charge in [-0.3, -0.25) is 0 Å². The van der Waals surface area contributed by atoms with E-state index in [-0.39, 0.29) is 5.75 Å². The van der Waals surface area contributed by atoms with Crippen molar-refractivity contribution in [1.82, 2.24) is 10.1 Å². The van der Waals surface area contributed by atoms with E-state index in [2.05, 4.69) is 10.1 Å². The number of nitrogen functional groups attached to an aromatic ring is 1. The highest BCUT2D eigenvalue weighted by atomic mass is 16.5. The largest absolute Gasteiger partial charge is 0.506 e. The Hall–Kier alpha value is -2.12. The zero-order valence-electron chi connectivity index (χ0n) is 11.2. The molecule has 1 aromatic carbocycles. The number of nitrogens with zero attached hydrogens (tertiary/aromatic N) is 2. The van der Waals surface area contributed by atoms with Crippen molar-refractivity contribution in [2.45, 2.75) is 6.42 Å². The fourth-order valence-electron chi connectivity index (χ4n) is 1.56. The minimum absolute atomic E-state index is 0.00912. The predicted octanol–water partition coefficient (Wildman–Crippen LogP) is 1.23. The molecule has 0 aliphatic carbocycles. The number of benzene rings is 1. The maximum atomic E-state index is 9.55. The van der Waals surface area contributed by atoms with Gasteiger partial charge in [0.25, 0.3) is 5.89 Å². The lowest BCUT2D eigenvalue weighted by molar-refractivity contribution is 0.0714. The monoisotopic (exact) mass is 279 g/mol. The summed E-state index contributed by atoms with van der Waals surface area (Å²) >= 11 is 0. The van der Waals surface area contributed by atoms with E-state index >= 15 is 0 Å². The molecule has 7 heteroatoms. The first-order chi connectivity index (χ1) is 9.70. The molecule has 1 aromatic heterocycles. The lowest BCUT2D eigenvalue weighted by atomic mass is 10.2. The molecule has 0 spiro atoms. The van der Waals surface area contributed by atoms with Crippen LogP contribution < -0.4 is 5.73 Å². The SMILES string of the molecule is COCCOCCc1noc(-c2ccc(N)c(O)c2)n1. The molecule has 20 heavy (non-hydrogen) atoms. The van der Waals surface area contributed by atoms with Gasteiger partial charge in [0.15, 0.2) is 5.82 Å². The van der Waals surface area contributed by atoms with Gasteiger partial charge < -0.3 is 24.8 Å². The summed E-state index contributed by atoms with van der Waals surface area (Å²) in [6, 6.07) is 4.78. The molecule has 0 saturated heterocycles. The molecule has 0 radical (unpaired) electrons. The van der Waals surface area contributed by atoms with Gasteiger partial charge >= 0.3 is 0 Å². The molecule has 2 aromatic rings. The van der Waals surface area contributed by atoms with Gasteiger partial charge in [-0.05, 0) is 18.2 Å². The lowest BCUT2D eigenvalue weighted by Crippen LogP contribution is -2.05. The van der Waals surface area contributed by atoms with Crippen LogP contribution in [0.25, 0.3) is 11.5 Å². The van der Waals surface area contributed by atoms with E-state index in [0.717, 1.165) is 0 Å². The highest BCUT2D eigenvalue weighted by molar-refractivity contribution is 5.63. The average molecular weight is 279 g/mol. The van der Waals surface area contributed by atoms with Gasteiger partial charge in [-0.2, -0.15) is 4.98 Å². The summed E-state index contributed by atoms with van der Waals surface area (Å²) in [7, 11) is 1.62. The quantitative estimate of drug-likeness (QED) is 0.446. The Morgan fingerprint density at radius 3 is 2.90 bits per heavy atom. The Labute approximate surface area is 116 Å². The molecular formula is C13H17N3O4. The molecule has 0 atom stereocenters. The summed E-state index contributed by atoms with van der Waals surface area (Å²) in [5.41, 5.74) is 6.46. The third kappa shape index (κ3) is 3.69. The van der Waals surface area contributed by atoms with Crippen LogP contribution in [0.3, 0.4) is 0 Å². The number of methoxy groups -OCH3 is 1. The fourth-order valence-corrected chi connectivity index (χ4v) is 1.56. The van der Waals surface area contributed by atoms with E-state index < -0.39 is 0 Å². The summed E-state index contributed by atoms with van der Waals surface area (Å²) in [5.74, 6) is 0.881. The number of aromatic hydroxyl groups is 1.